The first-order valence-electron chi connectivity index (χ1n) is 14.6. The van der Waals surface area contributed by atoms with Gasteiger partial charge in [-0.15, -0.1) is 0 Å². The van der Waals surface area contributed by atoms with Crippen LogP contribution in [0.2, 0.25) is 0 Å². The number of hydrogen-bond acceptors (Lipinski definition) is 5. The number of hydrogen-bond donors (Lipinski definition) is 2. The Balaban J connectivity index is 1.87. The Kier molecular flexibility index (Phi) is 10.5. The summed E-state index contributed by atoms with van der Waals surface area (Å²) in [6, 6.07) is 11.9. The van der Waals surface area contributed by atoms with Crippen molar-refractivity contribution >= 4 is 11.9 Å². The molecule has 226 valence electrons. The quantitative estimate of drug-likeness (QED) is 0.274. The lowest BCUT2D eigenvalue weighted by atomic mass is 9.92. The van der Waals surface area contributed by atoms with E-state index in [-0.39, 0.29) is 31.2 Å². The zero-order valence-electron chi connectivity index (χ0n) is 24.5. The molecule has 42 heavy (non-hydrogen) atoms. The molecule has 0 aliphatic carbocycles. The lowest BCUT2D eigenvalue weighted by molar-refractivity contribution is -0.143. The molecule has 0 saturated carbocycles. The van der Waals surface area contributed by atoms with Gasteiger partial charge in [0.25, 0.3) is 5.91 Å². The highest BCUT2D eigenvalue weighted by Crippen LogP contribution is 2.43. The average molecular weight is 583 g/mol. The van der Waals surface area contributed by atoms with Gasteiger partial charge in [-0.3, -0.25) is 9.59 Å². The van der Waals surface area contributed by atoms with Crippen LogP contribution < -0.4 is 0 Å². The third kappa shape index (κ3) is 7.25. The molecule has 1 saturated heterocycles. The molecule has 2 atom stereocenters. The molecule has 0 spiro atoms. The molecule has 0 bridgehead atoms. The maximum absolute atomic E-state index is 14.3. The lowest BCUT2D eigenvalue weighted by Crippen LogP contribution is -2.37. The minimum absolute atomic E-state index is 0.0201. The van der Waals surface area contributed by atoms with Crippen LogP contribution >= 0.6 is 0 Å². The van der Waals surface area contributed by atoms with Crippen LogP contribution in [0.3, 0.4) is 0 Å². The number of halogens is 2. The Morgan fingerprint density at radius 1 is 0.857 bits per heavy atom. The number of aliphatic hydroxyl groups excluding tert-OH is 2. The van der Waals surface area contributed by atoms with E-state index in [4.69, 9.17) is 0 Å². The van der Waals surface area contributed by atoms with Crippen LogP contribution in [0.25, 0.3) is 22.3 Å². The molecular weight excluding hydrogens is 542 g/mol. The standard InChI is InChI=1S/C33H40F2N2O5/c1-21(2)37-28(16-15-26(38)19-27(39)20-29(40)42-3)30(22-7-11-24(34)12-8-22)31(23-9-13-25(35)14-10-23)32(37)33(41)36-17-5-4-6-18-36/h7-14,21,26-27,38-39H,4-6,15-20H2,1-3H3. The van der Waals surface area contributed by atoms with Crippen molar-refractivity contribution in [2.75, 3.05) is 20.2 Å². The van der Waals surface area contributed by atoms with Crippen molar-refractivity contribution in [1.29, 1.82) is 0 Å². The number of nitrogens with zero attached hydrogens (tertiary/aromatic N) is 2. The largest absolute Gasteiger partial charge is 0.469 e. The van der Waals surface area contributed by atoms with E-state index in [0.29, 0.717) is 41.9 Å². The highest BCUT2D eigenvalue weighted by Gasteiger charge is 2.33. The summed E-state index contributed by atoms with van der Waals surface area (Å²) in [5.74, 6) is -1.48. The lowest BCUT2D eigenvalue weighted by Gasteiger charge is -2.28. The molecule has 9 heteroatoms. The van der Waals surface area contributed by atoms with Crippen molar-refractivity contribution in [2.24, 2.45) is 0 Å². The first kappa shape index (κ1) is 31.4. The van der Waals surface area contributed by atoms with Gasteiger partial charge in [-0.25, -0.2) is 8.78 Å². The number of amides is 1. The second-order valence-corrected chi connectivity index (χ2v) is 11.2. The number of carbonyl (C=O) groups excluding carboxylic acids is 2. The smallest absolute Gasteiger partial charge is 0.308 e. The molecule has 1 amide bonds. The Morgan fingerprint density at radius 2 is 1.40 bits per heavy atom. The van der Waals surface area contributed by atoms with Gasteiger partial charge in [-0.2, -0.15) is 0 Å². The first-order chi connectivity index (χ1) is 20.1. The van der Waals surface area contributed by atoms with Crippen molar-refractivity contribution in [3.8, 4) is 22.3 Å². The predicted octanol–water partition coefficient (Wildman–Crippen LogP) is 5.91. The maximum atomic E-state index is 14.3. The molecule has 7 nitrogen and oxygen atoms in total. The molecule has 1 aromatic heterocycles. The fraction of sp³-hybridized carbons (Fsp3) is 0.455. The van der Waals surface area contributed by atoms with Gasteiger partial charge in [0.1, 0.15) is 17.3 Å². The molecule has 2 N–H and O–H groups in total. The number of aliphatic hydroxyl groups is 2. The second kappa shape index (κ2) is 14.1. The van der Waals surface area contributed by atoms with Crippen LogP contribution in [0.1, 0.15) is 74.6 Å². The van der Waals surface area contributed by atoms with Crippen LogP contribution in [0, 0.1) is 11.6 Å². The molecule has 1 aliphatic heterocycles. The maximum Gasteiger partial charge on any atom is 0.308 e. The van der Waals surface area contributed by atoms with Crippen molar-refractivity contribution in [2.45, 2.75) is 77.0 Å². The fourth-order valence-electron chi connectivity index (χ4n) is 5.83. The van der Waals surface area contributed by atoms with Crippen LogP contribution in [0.15, 0.2) is 48.5 Å². The summed E-state index contributed by atoms with van der Waals surface area (Å²) in [5.41, 5.74) is 3.97. The molecule has 2 aromatic carbocycles. The molecule has 3 aromatic rings. The van der Waals surface area contributed by atoms with E-state index >= 15 is 0 Å². The third-order valence-electron chi connectivity index (χ3n) is 7.82. The van der Waals surface area contributed by atoms with Crippen LogP contribution in [0.5, 0.6) is 0 Å². The topological polar surface area (TPSA) is 92.0 Å². The molecule has 2 heterocycles. The molecule has 2 unspecified atom stereocenters. The fourth-order valence-corrected chi connectivity index (χ4v) is 5.83. The Morgan fingerprint density at radius 3 is 1.93 bits per heavy atom. The van der Waals surface area contributed by atoms with Gasteiger partial charge >= 0.3 is 5.97 Å². The first-order valence-corrected chi connectivity index (χ1v) is 14.6. The van der Waals surface area contributed by atoms with Gasteiger partial charge in [0.05, 0.1) is 25.7 Å². The Bertz CT molecular complexity index is 1360. The van der Waals surface area contributed by atoms with E-state index in [1.165, 1.54) is 31.4 Å². The van der Waals surface area contributed by atoms with E-state index in [1.807, 2.05) is 23.3 Å². The Labute approximate surface area is 245 Å². The highest BCUT2D eigenvalue weighted by atomic mass is 19.1. The number of carbonyl (C=O) groups is 2. The van der Waals surface area contributed by atoms with Crippen LogP contribution in [0.4, 0.5) is 8.78 Å². The average Bonchev–Trinajstić information content (AvgIpc) is 3.32. The molecule has 4 rings (SSSR count). The van der Waals surface area contributed by atoms with Gasteiger partial charge in [-0.05, 0) is 87.8 Å². The number of likely N-dealkylation sites (tertiary alicyclic amines) is 1. The van der Waals surface area contributed by atoms with E-state index < -0.39 is 29.8 Å². The number of rotatable bonds is 11. The van der Waals surface area contributed by atoms with E-state index in [9.17, 15) is 28.6 Å². The monoisotopic (exact) mass is 582 g/mol. The minimum Gasteiger partial charge on any atom is -0.469 e. The van der Waals surface area contributed by atoms with Crippen LogP contribution in [-0.4, -0.2) is 64.0 Å². The van der Waals surface area contributed by atoms with Crippen molar-refractivity contribution in [3.05, 3.63) is 71.6 Å². The summed E-state index contributed by atoms with van der Waals surface area (Å²) >= 11 is 0. The summed E-state index contributed by atoms with van der Waals surface area (Å²) in [6.07, 6.45) is 1.22. The highest BCUT2D eigenvalue weighted by molar-refractivity contribution is 6.05. The van der Waals surface area contributed by atoms with E-state index in [0.717, 1.165) is 30.5 Å². The second-order valence-electron chi connectivity index (χ2n) is 11.2. The molecule has 1 aliphatic rings. The van der Waals surface area contributed by atoms with Gasteiger partial charge in [0.2, 0.25) is 0 Å². The number of esters is 1. The van der Waals surface area contributed by atoms with Crippen molar-refractivity contribution in [3.63, 3.8) is 0 Å². The normalized spacial score (nSPS) is 15.1. The molecule has 0 radical (unpaired) electrons. The predicted molar refractivity (Wildman–Crippen MR) is 157 cm³/mol. The SMILES string of the molecule is COC(=O)CC(O)CC(O)CCc1c(-c2ccc(F)cc2)c(-c2ccc(F)cc2)c(C(=O)N2CCCCC2)n1C(C)C. The van der Waals surface area contributed by atoms with E-state index in [1.54, 1.807) is 24.3 Å². The summed E-state index contributed by atoms with van der Waals surface area (Å²) in [7, 11) is 1.24. The summed E-state index contributed by atoms with van der Waals surface area (Å²) < 4.78 is 34.7. The number of benzene rings is 2. The number of aromatic nitrogens is 1. The van der Waals surface area contributed by atoms with Gasteiger partial charge in [0, 0.05) is 36.0 Å². The van der Waals surface area contributed by atoms with Crippen LogP contribution in [-0.2, 0) is 16.0 Å². The van der Waals surface area contributed by atoms with Gasteiger partial charge in [-0.1, -0.05) is 24.3 Å². The van der Waals surface area contributed by atoms with Crippen molar-refractivity contribution < 1.29 is 33.3 Å². The zero-order chi connectivity index (χ0) is 30.4. The summed E-state index contributed by atoms with van der Waals surface area (Å²) in [4.78, 5) is 27.7. The van der Waals surface area contributed by atoms with Gasteiger partial charge < -0.3 is 24.4 Å². The summed E-state index contributed by atoms with van der Waals surface area (Å²) in [6.45, 7) is 5.25. The zero-order valence-corrected chi connectivity index (χ0v) is 24.5. The Hall–Kier alpha value is -3.56. The minimum atomic E-state index is -1.06. The summed E-state index contributed by atoms with van der Waals surface area (Å²) in [5, 5.41) is 21.1. The third-order valence-corrected chi connectivity index (χ3v) is 7.82. The molecule has 1 fully saturated rings. The van der Waals surface area contributed by atoms with E-state index in [2.05, 4.69) is 4.74 Å². The van der Waals surface area contributed by atoms with Gasteiger partial charge in [0.15, 0.2) is 0 Å². The van der Waals surface area contributed by atoms with Crippen molar-refractivity contribution in [1.82, 2.24) is 9.47 Å². The molecular formula is C33H40F2N2O5. The number of ether oxygens (including phenoxy) is 1. The number of methoxy groups -OCH3 is 1. The number of piperidine rings is 1.